The minimum Gasteiger partial charge on any atom is -0.493 e. The number of hydrogen-bond donors (Lipinski definition) is 0. The zero-order valence-corrected chi connectivity index (χ0v) is 23.2. The van der Waals surface area contributed by atoms with Crippen LogP contribution >= 0.6 is 38.5 Å². The molecule has 3 aromatic rings. The molecule has 0 radical (unpaired) electrons. The van der Waals surface area contributed by atoms with Crippen molar-refractivity contribution in [1.82, 2.24) is 9.66 Å². The van der Waals surface area contributed by atoms with E-state index >= 15 is 0 Å². The normalized spacial score (nSPS) is 13.1. The average Bonchev–Trinajstić information content (AvgIpc) is 2.83. The van der Waals surface area contributed by atoms with Gasteiger partial charge < -0.3 is 14.2 Å². The second-order valence-corrected chi connectivity index (χ2v) is 9.70. The first-order valence-corrected chi connectivity index (χ1v) is 12.5. The highest BCUT2D eigenvalue weighted by molar-refractivity contribution is 14.1. The first-order chi connectivity index (χ1) is 16.2. The molecule has 1 heterocycles. The molecule has 0 aliphatic heterocycles. The molecule has 34 heavy (non-hydrogen) atoms. The number of rotatable bonds is 8. The van der Waals surface area contributed by atoms with Gasteiger partial charge in [-0.3, -0.25) is 4.79 Å². The number of esters is 1. The van der Waals surface area contributed by atoms with Gasteiger partial charge in [-0.05, 0) is 71.8 Å². The molecule has 2 aromatic carbocycles. The molecule has 2 atom stereocenters. The van der Waals surface area contributed by atoms with Gasteiger partial charge in [0.2, 0.25) is 0 Å². The van der Waals surface area contributed by atoms with Crippen LogP contribution in [0.1, 0.15) is 44.5 Å². The van der Waals surface area contributed by atoms with Gasteiger partial charge in [0.15, 0.2) is 17.6 Å². The van der Waals surface area contributed by atoms with Crippen LogP contribution < -0.4 is 15.0 Å². The van der Waals surface area contributed by atoms with Crippen LogP contribution in [0.25, 0.3) is 10.9 Å². The van der Waals surface area contributed by atoms with Crippen LogP contribution in [0.4, 0.5) is 0 Å². The molecule has 0 N–H and O–H groups in total. The fraction of sp³-hybridized carbons (Fsp3) is 0.333. The number of carbonyl (C=O) groups excluding carboxylic acids is 1. The van der Waals surface area contributed by atoms with E-state index in [9.17, 15) is 9.59 Å². The molecule has 180 valence electrons. The highest BCUT2D eigenvalue weighted by Gasteiger charge is 2.20. The molecular formula is C24H25BrIN3O5. The summed E-state index contributed by atoms with van der Waals surface area (Å²) in [5.74, 6) is 0.984. The summed E-state index contributed by atoms with van der Waals surface area (Å²) in [4.78, 5) is 29.8. The van der Waals surface area contributed by atoms with Gasteiger partial charge in [0, 0.05) is 10.4 Å². The first-order valence-electron chi connectivity index (χ1n) is 10.6. The second kappa shape index (κ2) is 11.3. The number of hydrogen-bond acceptors (Lipinski definition) is 7. The average molecular weight is 642 g/mol. The third-order valence-corrected chi connectivity index (χ3v) is 6.58. The Labute approximate surface area is 219 Å². The molecule has 8 nitrogen and oxygen atoms in total. The summed E-state index contributed by atoms with van der Waals surface area (Å²) >= 11 is 5.52. The Balaban J connectivity index is 2.07. The lowest BCUT2D eigenvalue weighted by molar-refractivity contribution is -0.147. The lowest BCUT2D eigenvalue weighted by atomic mass is 10.1. The largest absolute Gasteiger partial charge is 0.493 e. The van der Waals surface area contributed by atoms with E-state index in [1.165, 1.54) is 18.9 Å². The predicted molar refractivity (Wildman–Crippen MR) is 143 cm³/mol. The van der Waals surface area contributed by atoms with Crippen LogP contribution in [0, 0.1) is 3.57 Å². The van der Waals surface area contributed by atoms with E-state index in [1.54, 1.807) is 25.3 Å². The van der Waals surface area contributed by atoms with Gasteiger partial charge in [0.1, 0.15) is 5.82 Å². The van der Waals surface area contributed by atoms with E-state index in [0.717, 1.165) is 10.9 Å². The van der Waals surface area contributed by atoms with Crippen molar-refractivity contribution in [3.05, 3.63) is 60.1 Å². The predicted octanol–water partition coefficient (Wildman–Crippen LogP) is 5.11. The monoisotopic (exact) mass is 641 g/mol. The Morgan fingerprint density at radius 1 is 1.26 bits per heavy atom. The van der Waals surface area contributed by atoms with Crippen molar-refractivity contribution in [3.8, 4) is 11.5 Å². The van der Waals surface area contributed by atoms with Gasteiger partial charge in [-0.15, -0.1) is 0 Å². The molecule has 1 aromatic heterocycles. The molecule has 0 aliphatic carbocycles. The van der Waals surface area contributed by atoms with Crippen LogP contribution in [0.3, 0.4) is 0 Å². The van der Waals surface area contributed by atoms with Gasteiger partial charge in [0.05, 0.1) is 34.9 Å². The van der Waals surface area contributed by atoms with E-state index < -0.39 is 12.1 Å². The van der Waals surface area contributed by atoms with Crippen molar-refractivity contribution in [2.24, 2.45) is 5.10 Å². The van der Waals surface area contributed by atoms with E-state index in [0.29, 0.717) is 37.4 Å². The van der Waals surface area contributed by atoms with Gasteiger partial charge in [-0.1, -0.05) is 29.8 Å². The number of ether oxygens (including phenoxy) is 3. The van der Waals surface area contributed by atoms with Crippen LogP contribution in [0.2, 0.25) is 0 Å². The van der Waals surface area contributed by atoms with E-state index in [2.05, 4.69) is 43.6 Å². The Morgan fingerprint density at radius 3 is 2.65 bits per heavy atom. The molecular weight excluding hydrogens is 617 g/mol. The zero-order valence-electron chi connectivity index (χ0n) is 19.5. The molecule has 0 fully saturated rings. The summed E-state index contributed by atoms with van der Waals surface area (Å²) in [6.07, 6.45) is 1.59. The minimum atomic E-state index is -0.799. The Morgan fingerprint density at radius 2 is 2.00 bits per heavy atom. The van der Waals surface area contributed by atoms with Gasteiger partial charge in [-0.2, -0.15) is 9.78 Å². The fourth-order valence-corrected chi connectivity index (χ4v) is 4.34. The molecule has 0 saturated carbocycles. The van der Waals surface area contributed by atoms with Crippen molar-refractivity contribution < 1.29 is 19.0 Å². The summed E-state index contributed by atoms with van der Waals surface area (Å²) in [5.41, 5.74) is 1.08. The lowest BCUT2D eigenvalue weighted by Gasteiger charge is -2.17. The summed E-state index contributed by atoms with van der Waals surface area (Å²) < 4.78 is 18.8. The van der Waals surface area contributed by atoms with E-state index in [4.69, 9.17) is 19.2 Å². The Kier molecular flexibility index (Phi) is 8.69. The Hall–Kier alpha value is -2.47. The highest BCUT2D eigenvalue weighted by Crippen LogP contribution is 2.34. The quantitative estimate of drug-likeness (QED) is 0.193. The molecule has 0 aliphatic rings. The second-order valence-electron chi connectivity index (χ2n) is 7.62. The number of benzene rings is 2. The third-order valence-electron chi connectivity index (χ3n) is 5.29. The number of carbonyl (C=O) groups is 1. The summed E-state index contributed by atoms with van der Waals surface area (Å²) in [5, 5.41) is 4.98. The summed E-state index contributed by atoms with van der Waals surface area (Å²) in [7, 11) is 2.82. The van der Waals surface area contributed by atoms with Crippen molar-refractivity contribution >= 4 is 61.6 Å². The molecule has 10 heteroatoms. The summed E-state index contributed by atoms with van der Waals surface area (Å²) in [6, 6.07) is 8.98. The first kappa shape index (κ1) is 26.1. The van der Waals surface area contributed by atoms with Gasteiger partial charge in [-0.25, -0.2) is 9.78 Å². The standard InChI is InChI=1S/C24H25BrIN3O5/c1-6-13(2)22-28-19-8-7-16(25)11-17(19)23(30)29(22)27-12-15-9-18(26)21(20(10-15)32-4)34-14(3)24(31)33-5/h7-14H,6H2,1-5H3/t13-,14-/m1/s1. The maximum atomic E-state index is 13.3. The minimum absolute atomic E-state index is 0.0307. The number of fused-ring (bicyclic) bond motifs is 1. The zero-order chi connectivity index (χ0) is 25.0. The number of halogens is 2. The van der Waals surface area contributed by atoms with Crippen LogP contribution in [0.15, 0.2) is 44.7 Å². The van der Waals surface area contributed by atoms with Crippen molar-refractivity contribution in [2.75, 3.05) is 14.2 Å². The number of aromatic nitrogens is 2. The van der Waals surface area contributed by atoms with Crippen LogP contribution in [-0.2, 0) is 9.53 Å². The van der Waals surface area contributed by atoms with Crippen molar-refractivity contribution in [1.29, 1.82) is 0 Å². The molecule has 0 unspecified atom stereocenters. The van der Waals surface area contributed by atoms with Crippen LogP contribution in [0.5, 0.6) is 11.5 Å². The van der Waals surface area contributed by atoms with E-state index in [1.807, 2.05) is 32.0 Å². The maximum absolute atomic E-state index is 13.3. The SMILES string of the molecule is CC[C@@H](C)c1nc2ccc(Br)cc2c(=O)n1N=Cc1cc(I)c(O[C@H](C)C(=O)OC)c(OC)c1. The third kappa shape index (κ3) is 5.60. The highest BCUT2D eigenvalue weighted by atomic mass is 127. The molecule has 0 amide bonds. The lowest BCUT2D eigenvalue weighted by Crippen LogP contribution is -2.25. The maximum Gasteiger partial charge on any atom is 0.346 e. The summed E-state index contributed by atoms with van der Waals surface area (Å²) in [6.45, 7) is 5.65. The smallest absolute Gasteiger partial charge is 0.346 e. The van der Waals surface area contributed by atoms with E-state index in [-0.39, 0.29) is 11.5 Å². The van der Waals surface area contributed by atoms with Gasteiger partial charge >= 0.3 is 5.97 Å². The van der Waals surface area contributed by atoms with Crippen molar-refractivity contribution in [3.63, 3.8) is 0 Å². The van der Waals surface area contributed by atoms with Gasteiger partial charge in [0.25, 0.3) is 5.56 Å². The van der Waals surface area contributed by atoms with Crippen molar-refractivity contribution in [2.45, 2.75) is 39.2 Å². The number of nitrogens with zero attached hydrogens (tertiary/aromatic N) is 3. The molecule has 3 rings (SSSR count). The molecule has 0 saturated heterocycles. The molecule has 0 spiro atoms. The van der Waals surface area contributed by atoms with Crippen LogP contribution in [-0.4, -0.2) is 42.2 Å². The number of methoxy groups -OCH3 is 2. The fourth-order valence-electron chi connectivity index (χ4n) is 3.22. The molecule has 0 bridgehead atoms. The topological polar surface area (TPSA) is 92.0 Å². The Bertz CT molecular complexity index is 1310.